The average molecular weight is 233 g/mol. The van der Waals surface area contributed by atoms with Gasteiger partial charge < -0.3 is 0 Å². The van der Waals surface area contributed by atoms with Crippen molar-refractivity contribution in [2.75, 3.05) is 0 Å². The Morgan fingerprint density at radius 1 is 1.56 bits per heavy atom. The fraction of sp³-hybridized carbons (Fsp3) is 0.333. The Morgan fingerprint density at radius 3 is 3.12 bits per heavy atom. The first kappa shape index (κ1) is 10.9. The van der Waals surface area contributed by atoms with Crippen LogP contribution in [-0.2, 0) is 6.42 Å². The van der Waals surface area contributed by atoms with Crippen LogP contribution in [0.15, 0.2) is 10.9 Å². The minimum absolute atomic E-state index is 0.152. The number of carbonyl (C=O) groups excluding carboxylic acids is 1. The zero-order valence-electron chi connectivity index (χ0n) is 8.95. The number of allylic oxidation sites excluding steroid dienone is 1. The number of thiazole rings is 1. The van der Waals surface area contributed by atoms with Gasteiger partial charge in [0.05, 0.1) is 5.69 Å². The van der Waals surface area contributed by atoms with Crippen molar-refractivity contribution in [1.82, 2.24) is 4.57 Å². The molecule has 4 heteroatoms. The number of hydrogen-bond donors (Lipinski definition) is 0. The summed E-state index contributed by atoms with van der Waals surface area (Å²) in [5, 5.41) is 0. The van der Waals surface area contributed by atoms with Crippen LogP contribution < -0.4 is 4.87 Å². The fourth-order valence-electron chi connectivity index (χ4n) is 1.56. The maximum Gasteiger partial charge on any atom is 0.314 e. The highest BCUT2D eigenvalue weighted by atomic mass is 32.1. The highest BCUT2D eigenvalue weighted by Gasteiger charge is 2.16. The quantitative estimate of drug-likeness (QED) is 0.695. The molecule has 82 valence electrons. The van der Waals surface area contributed by atoms with Gasteiger partial charge >= 0.3 is 4.87 Å². The number of aromatic nitrogens is 1. The number of hydrogen-bond acceptors (Lipinski definition) is 3. The molecule has 2 rings (SSSR count). The van der Waals surface area contributed by atoms with Gasteiger partial charge in [0, 0.05) is 24.1 Å². The second-order valence-electron chi connectivity index (χ2n) is 3.40. The van der Waals surface area contributed by atoms with Crippen LogP contribution >= 0.6 is 11.3 Å². The van der Waals surface area contributed by atoms with Gasteiger partial charge in [-0.2, -0.15) is 0 Å². The van der Waals surface area contributed by atoms with Gasteiger partial charge in [0.2, 0.25) is 5.91 Å². The molecule has 1 heterocycles. The predicted octanol–water partition coefficient (Wildman–Crippen LogP) is 1.92. The molecule has 0 fully saturated rings. The highest BCUT2D eigenvalue weighted by Crippen LogP contribution is 2.17. The van der Waals surface area contributed by atoms with Crippen molar-refractivity contribution in [3.8, 4) is 11.8 Å². The number of fused-ring (bicyclic) bond motifs is 1. The summed E-state index contributed by atoms with van der Waals surface area (Å²) in [6.07, 6.45) is 5.28. The lowest BCUT2D eigenvalue weighted by atomic mass is 10.2. The molecule has 0 atom stereocenters. The summed E-state index contributed by atoms with van der Waals surface area (Å²) in [5.41, 5.74) is 0.718. The molecule has 1 aromatic heterocycles. The third-order valence-electron chi connectivity index (χ3n) is 2.34. The summed E-state index contributed by atoms with van der Waals surface area (Å²) in [5.74, 6) is 5.81. The Labute approximate surface area is 97.4 Å². The largest absolute Gasteiger partial charge is 0.314 e. The Hall–Kier alpha value is -1.60. The van der Waals surface area contributed by atoms with Gasteiger partial charge in [0.25, 0.3) is 0 Å². The summed E-state index contributed by atoms with van der Waals surface area (Å²) in [6, 6.07) is 0. The van der Waals surface area contributed by atoms with Gasteiger partial charge in [0.1, 0.15) is 0 Å². The summed E-state index contributed by atoms with van der Waals surface area (Å²) in [6.45, 7) is 1.76. The van der Waals surface area contributed by atoms with Crippen molar-refractivity contribution in [2.45, 2.75) is 26.2 Å². The standard InChI is InChI=1S/C12H11NO2S/c1-2-11(14)13-9-7-5-3-4-6-8-10(9)16-12(13)15/h5,7H,2-3,8H2,1H3/b7-5-. The van der Waals surface area contributed by atoms with Gasteiger partial charge in [-0.05, 0) is 6.08 Å². The molecule has 1 aliphatic rings. The van der Waals surface area contributed by atoms with Crippen molar-refractivity contribution in [3.63, 3.8) is 0 Å². The first-order valence-electron chi connectivity index (χ1n) is 5.14. The lowest BCUT2D eigenvalue weighted by Crippen LogP contribution is -2.22. The third-order valence-corrected chi connectivity index (χ3v) is 3.30. The Morgan fingerprint density at radius 2 is 2.38 bits per heavy atom. The molecular weight excluding hydrogens is 222 g/mol. The summed E-state index contributed by atoms with van der Waals surface area (Å²) < 4.78 is 1.27. The normalized spacial score (nSPS) is 15.3. The van der Waals surface area contributed by atoms with E-state index in [0.717, 1.165) is 21.9 Å². The van der Waals surface area contributed by atoms with E-state index >= 15 is 0 Å². The van der Waals surface area contributed by atoms with E-state index in [2.05, 4.69) is 11.8 Å². The molecule has 0 bridgehead atoms. The highest BCUT2D eigenvalue weighted by molar-refractivity contribution is 7.09. The van der Waals surface area contributed by atoms with Crippen molar-refractivity contribution in [3.05, 3.63) is 26.3 Å². The minimum atomic E-state index is -0.204. The van der Waals surface area contributed by atoms with Crippen LogP contribution in [0.2, 0.25) is 0 Å². The first-order valence-corrected chi connectivity index (χ1v) is 5.96. The van der Waals surface area contributed by atoms with Crippen LogP contribution in [0, 0.1) is 11.8 Å². The maximum absolute atomic E-state index is 11.7. The zero-order valence-corrected chi connectivity index (χ0v) is 9.76. The van der Waals surface area contributed by atoms with E-state index in [1.807, 2.05) is 12.2 Å². The fourth-order valence-corrected chi connectivity index (χ4v) is 2.47. The van der Waals surface area contributed by atoms with E-state index in [-0.39, 0.29) is 10.8 Å². The molecule has 1 aromatic rings. The average Bonchev–Trinajstić information content (AvgIpc) is 2.54. The molecule has 1 aliphatic carbocycles. The van der Waals surface area contributed by atoms with E-state index in [9.17, 15) is 9.59 Å². The van der Waals surface area contributed by atoms with E-state index in [0.29, 0.717) is 19.3 Å². The van der Waals surface area contributed by atoms with Crippen LogP contribution in [-0.4, -0.2) is 10.5 Å². The number of rotatable bonds is 1. The van der Waals surface area contributed by atoms with Crippen molar-refractivity contribution >= 4 is 23.3 Å². The van der Waals surface area contributed by atoms with Crippen molar-refractivity contribution in [1.29, 1.82) is 0 Å². The lowest BCUT2D eigenvalue weighted by Gasteiger charge is -2.02. The molecule has 0 radical (unpaired) electrons. The summed E-state index contributed by atoms with van der Waals surface area (Å²) in [4.78, 5) is 24.1. The molecular formula is C12H11NO2S. The molecule has 0 aliphatic heterocycles. The predicted molar refractivity (Wildman–Crippen MR) is 64.6 cm³/mol. The Bertz CT molecular complexity index is 566. The van der Waals surface area contributed by atoms with Crippen LogP contribution in [0.4, 0.5) is 0 Å². The molecule has 0 unspecified atom stereocenters. The second-order valence-corrected chi connectivity index (χ2v) is 4.44. The zero-order chi connectivity index (χ0) is 11.5. The molecule has 3 nitrogen and oxygen atoms in total. The van der Waals surface area contributed by atoms with Gasteiger partial charge in [-0.15, -0.1) is 0 Å². The lowest BCUT2D eigenvalue weighted by molar-refractivity contribution is 0.0905. The first-order chi connectivity index (χ1) is 7.74. The molecule has 0 N–H and O–H groups in total. The minimum Gasteiger partial charge on any atom is -0.274 e. The van der Waals surface area contributed by atoms with E-state index in [4.69, 9.17) is 0 Å². The molecule has 0 saturated carbocycles. The molecule has 0 spiro atoms. The van der Waals surface area contributed by atoms with Crippen LogP contribution in [0.3, 0.4) is 0 Å². The van der Waals surface area contributed by atoms with Gasteiger partial charge in [-0.25, -0.2) is 4.57 Å². The van der Waals surface area contributed by atoms with Crippen molar-refractivity contribution < 1.29 is 4.79 Å². The topological polar surface area (TPSA) is 39.1 Å². The molecule has 0 saturated heterocycles. The van der Waals surface area contributed by atoms with Crippen LogP contribution in [0.5, 0.6) is 0 Å². The van der Waals surface area contributed by atoms with Gasteiger partial charge in [-0.3, -0.25) is 9.59 Å². The molecule has 0 aromatic carbocycles. The van der Waals surface area contributed by atoms with Crippen molar-refractivity contribution in [2.24, 2.45) is 0 Å². The second kappa shape index (κ2) is 4.50. The third kappa shape index (κ3) is 1.86. The number of nitrogens with zero attached hydrogens (tertiary/aromatic N) is 1. The SMILES string of the molecule is CCC(=O)n1c2c(sc1=O)CC#CC/C=C\2. The smallest absolute Gasteiger partial charge is 0.274 e. The van der Waals surface area contributed by atoms with Crippen LogP contribution in [0.25, 0.3) is 6.08 Å². The Balaban J connectivity index is 2.60. The van der Waals surface area contributed by atoms with E-state index in [1.165, 1.54) is 4.57 Å². The Kier molecular flexibility index (Phi) is 3.07. The monoisotopic (exact) mass is 233 g/mol. The summed E-state index contributed by atoms with van der Waals surface area (Å²) in [7, 11) is 0. The van der Waals surface area contributed by atoms with Gasteiger partial charge in [0.15, 0.2) is 0 Å². The van der Waals surface area contributed by atoms with Gasteiger partial charge in [-0.1, -0.05) is 36.2 Å². The number of carbonyl (C=O) groups is 1. The van der Waals surface area contributed by atoms with E-state index < -0.39 is 0 Å². The van der Waals surface area contributed by atoms with Crippen LogP contribution in [0.1, 0.15) is 35.1 Å². The summed E-state index contributed by atoms with van der Waals surface area (Å²) >= 11 is 1.12. The molecule has 0 amide bonds. The van der Waals surface area contributed by atoms with E-state index in [1.54, 1.807) is 6.92 Å². The molecule has 16 heavy (non-hydrogen) atoms. The maximum atomic E-state index is 11.7.